The highest BCUT2D eigenvalue weighted by atomic mass is 19.1. The van der Waals surface area contributed by atoms with Gasteiger partial charge in [-0.2, -0.15) is 4.98 Å². The monoisotopic (exact) mass is 302 g/mol. The average molecular weight is 302 g/mol. The zero-order valence-electron chi connectivity index (χ0n) is 12.1. The normalized spacial score (nSPS) is 13.1. The fourth-order valence-electron chi connectivity index (χ4n) is 2.23. The number of hydrogen-bond acceptors (Lipinski definition) is 6. The number of benzene rings is 1. The van der Waals surface area contributed by atoms with E-state index < -0.39 is 12.9 Å². The van der Waals surface area contributed by atoms with Gasteiger partial charge in [-0.25, -0.2) is 9.37 Å². The molecule has 0 bridgehead atoms. The molecule has 22 heavy (non-hydrogen) atoms. The van der Waals surface area contributed by atoms with Crippen LogP contribution in [0.15, 0.2) is 24.4 Å². The summed E-state index contributed by atoms with van der Waals surface area (Å²) < 4.78 is 18.7. The molecule has 3 N–H and O–H groups in total. The van der Waals surface area contributed by atoms with Gasteiger partial charge >= 0.3 is 7.12 Å². The molecule has 0 amide bonds. The van der Waals surface area contributed by atoms with E-state index in [1.54, 1.807) is 12.1 Å². The van der Waals surface area contributed by atoms with E-state index in [9.17, 15) is 9.41 Å². The fourth-order valence-corrected chi connectivity index (χ4v) is 2.23. The van der Waals surface area contributed by atoms with E-state index in [4.69, 9.17) is 4.65 Å². The van der Waals surface area contributed by atoms with E-state index >= 15 is 0 Å². The van der Waals surface area contributed by atoms with Crippen LogP contribution in [0.4, 0.5) is 21.8 Å². The molecule has 0 fully saturated rings. The van der Waals surface area contributed by atoms with Crippen LogP contribution in [-0.4, -0.2) is 28.7 Å². The van der Waals surface area contributed by atoms with Crippen molar-refractivity contribution < 1.29 is 14.1 Å². The van der Waals surface area contributed by atoms with E-state index in [1.165, 1.54) is 0 Å². The Morgan fingerprint density at radius 2 is 2.32 bits per heavy atom. The third kappa shape index (κ3) is 3.02. The minimum Gasteiger partial charge on any atom is -0.423 e. The SMILES string of the molecule is CCCNc1nc(Nc2ccc3c(c2)COB3O)ncc1F. The van der Waals surface area contributed by atoms with Crippen LogP contribution in [0.5, 0.6) is 0 Å². The highest BCUT2D eigenvalue weighted by Crippen LogP contribution is 2.19. The van der Waals surface area contributed by atoms with Gasteiger partial charge in [0.2, 0.25) is 5.95 Å². The Bertz CT molecular complexity index is 686. The second kappa shape index (κ2) is 6.29. The molecule has 0 saturated heterocycles. The molecule has 0 spiro atoms. The van der Waals surface area contributed by atoms with Crippen molar-refractivity contribution in [1.82, 2.24) is 9.97 Å². The first-order valence-electron chi connectivity index (χ1n) is 7.13. The van der Waals surface area contributed by atoms with Crippen LogP contribution in [0.2, 0.25) is 0 Å². The number of nitrogens with zero attached hydrogens (tertiary/aromatic N) is 2. The predicted molar refractivity (Wildman–Crippen MR) is 82.9 cm³/mol. The highest BCUT2D eigenvalue weighted by molar-refractivity contribution is 6.61. The van der Waals surface area contributed by atoms with Crippen molar-refractivity contribution in [2.24, 2.45) is 0 Å². The molecule has 1 aromatic carbocycles. The Kier molecular flexibility index (Phi) is 4.21. The molecule has 3 rings (SSSR count). The van der Waals surface area contributed by atoms with Gasteiger partial charge in [0.25, 0.3) is 0 Å². The first-order valence-corrected chi connectivity index (χ1v) is 7.13. The molecule has 0 unspecified atom stereocenters. The summed E-state index contributed by atoms with van der Waals surface area (Å²) in [7, 11) is -0.865. The number of halogens is 1. The van der Waals surface area contributed by atoms with Crippen molar-refractivity contribution in [1.29, 1.82) is 0 Å². The zero-order chi connectivity index (χ0) is 15.5. The summed E-state index contributed by atoms with van der Waals surface area (Å²) in [5, 5.41) is 15.5. The number of anilines is 3. The molecule has 0 radical (unpaired) electrons. The Labute approximate surface area is 127 Å². The van der Waals surface area contributed by atoms with E-state index in [-0.39, 0.29) is 5.82 Å². The molecule has 1 aliphatic rings. The van der Waals surface area contributed by atoms with Gasteiger partial charge in [-0.3, -0.25) is 0 Å². The first kappa shape index (κ1) is 14.7. The maximum absolute atomic E-state index is 13.6. The van der Waals surface area contributed by atoms with Gasteiger partial charge in [0.05, 0.1) is 12.8 Å². The number of nitrogens with one attached hydrogen (secondary N) is 2. The Hall–Kier alpha value is -2.19. The summed E-state index contributed by atoms with van der Waals surface area (Å²) in [4.78, 5) is 8.06. The van der Waals surface area contributed by atoms with Gasteiger partial charge in [-0.05, 0) is 29.6 Å². The minimum atomic E-state index is -0.865. The van der Waals surface area contributed by atoms with Crippen LogP contribution in [0.1, 0.15) is 18.9 Å². The van der Waals surface area contributed by atoms with Gasteiger partial charge in [-0.1, -0.05) is 13.0 Å². The molecule has 1 aliphatic heterocycles. The number of hydrogen-bond donors (Lipinski definition) is 3. The van der Waals surface area contributed by atoms with Gasteiger partial charge in [-0.15, -0.1) is 0 Å². The lowest BCUT2D eigenvalue weighted by atomic mass is 9.79. The molecule has 1 aromatic heterocycles. The Morgan fingerprint density at radius 1 is 1.45 bits per heavy atom. The smallest absolute Gasteiger partial charge is 0.423 e. The fraction of sp³-hybridized carbons (Fsp3) is 0.286. The molecule has 0 saturated carbocycles. The summed E-state index contributed by atoms with van der Waals surface area (Å²) in [5.74, 6) is 0.00292. The first-order chi connectivity index (χ1) is 10.7. The predicted octanol–water partition coefficient (Wildman–Crippen LogP) is 1.40. The molecule has 0 aliphatic carbocycles. The van der Waals surface area contributed by atoms with Crippen LogP contribution < -0.4 is 16.1 Å². The van der Waals surface area contributed by atoms with Crippen molar-refractivity contribution in [3.05, 3.63) is 35.8 Å². The van der Waals surface area contributed by atoms with Crippen molar-refractivity contribution in [2.45, 2.75) is 20.0 Å². The van der Waals surface area contributed by atoms with E-state index in [0.717, 1.165) is 29.3 Å². The number of fused-ring (bicyclic) bond motifs is 1. The topological polar surface area (TPSA) is 79.3 Å². The summed E-state index contributed by atoms with van der Waals surface area (Å²) >= 11 is 0. The number of rotatable bonds is 5. The van der Waals surface area contributed by atoms with E-state index in [1.807, 2.05) is 13.0 Å². The van der Waals surface area contributed by atoms with Crippen LogP contribution in [0.3, 0.4) is 0 Å². The highest BCUT2D eigenvalue weighted by Gasteiger charge is 2.27. The maximum Gasteiger partial charge on any atom is 0.491 e. The Balaban J connectivity index is 1.78. The largest absolute Gasteiger partial charge is 0.491 e. The summed E-state index contributed by atoms with van der Waals surface area (Å²) in [5.41, 5.74) is 2.42. The van der Waals surface area contributed by atoms with Gasteiger partial charge in [0, 0.05) is 12.2 Å². The summed E-state index contributed by atoms with van der Waals surface area (Å²) in [6, 6.07) is 5.44. The molecule has 2 heterocycles. The lowest BCUT2D eigenvalue weighted by molar-refractivity contribution is 0.275. The van der Waals surface area contributed by atoms with Crippen LogP contribution in [0.25, 0.3) is 0 Å². The van der Waals surface area contributed by atoms with Gasteiger partial charge < -0.3 is 20.3 Å². The molecule has 114 valence electrons. The second-order valence-electron chi connectivity index (χ2n) is 5.02. The van der Waals surface area contributed by atoms with Crippen molar-refractivity contribution in [2.75, 3.05) is 17.2 Å². The number of aromatic nitrogens is 2. The van der Waals surface area contributed by atoms with Gasteiger partial charge in [0.1, 0.15) is 0 Å². The van der Waals surface area contributed by atoms with E-state index in [2.05, 4.69) is 20.6 Å². The molecule has 2 aromatic rings. The van der Waals surface area contributed by atoms with Gasteiger partial charge in [0.15, 0.2) is 11.6 Å². The van der Waals surface area contributed by atoms with Crippen LogP contribution in [0, 0.1) is 5.82 Å². The lowest BCUT2D eigenvalue weighted by Crippen LogP contribution is -2.27. The summed E-state index contributed by atoms with van der Waals surface area (Å²) in [6.07, 6.45) is 2.01. The second-order valence-corrected chi connectivity index (χ2v) is 5.02. The van der Waals surface area contributed by atoms with E-state index in [0.29, 0.717) is 19.1 Å². The minimum absolute atomic E-state index is 0.180. The third-order valence-corrected chi connectivity index (χ3v) is 3.35. The lowest BCUT2D eigenvalue weighted by Gasteiger charge is -2.09. The van der Waals surface area contributed by atoms with Crippen molar-refractivity contribution in [3.8, 4) is 0 Å². The Morgan fingerprint density at radius 3 is 3.14 bits per heavy atom. The maximum atomic E-state index is 13.6. The molecular weight excluding hydrogens is 286 g/mol. The molecule has 8 heteroatoms. The van der Waals surface area contributed by atoms with Crippen molar-refractivity contribution in [3.63, 3.8) is 0 Å². The third-order valence-electron chi connectivity index (χ3n) is 3.35. The summed E-state index contributed by atoms with van der Waals surface area (Å²) in [6.45, 7) is 2.99. The standard InChI is InChI=1S/C14H16BFN4O2/c1-2-5-17-13-12(16)7-18-14(20-13)19-10-3-4-11-9(6-10)8-22-15(11)21/h3-4,6-7,21H,2,5,8H2,1H3,(H2,17,18,19,20). The van der Waals surface area contributed by atoms with Crippen LogP contribution >= 0.6 is 0 Å². The van der Waals surface area contributed by atoms with Crippen LogP contribution in [-0.2, 0) is 11.3 Å². The molecular formula is C14H16BFN4O2. The quantitative estimate of drug-likeness (QED) is 0.725. The molecule has 0 atom stereocenters. The average Bonchev–Trinajstić information content (AvgIpc) is 2.89. The molecule has 6 nitrogen and oxygen atoms in total. The van der Waals surface area contributed by atoms with Crippen molar-refractivity contribution >= 4 is 30.0 Å². The zero-order valence-corrected chi connectivity index (χ0v) is 12.1.